The number of ether oxygens (including phenoxy) is 1. The number of piperidine rings is 1. The van der Waals surface area contributed by atoms with Crippen molar-refractivity contribution in [3.8, 4) is 0 Å². The molecule has 1 aromatic rings. The number of esters is 1. The second kappa shape index (κ2) is 11.2. The van der Waals surface area contributed by atoms with Gasteiger partial charge in [0.25, 0.3) is 5.91 Å². The van der Waals surface area contributed by atoms with Gasteiger partial charge in [-0.2, -0.15) is 13.2 Å². The van der Waals surface area contributed by atoms with E-state index in [1.54, 1.807) is 19.1 Å². The Morgan fingerprint density at radius 3 is 2.54 bits per heavy atom. The average Bonchev–Trinajstić information content (AvgIpc) is 3.11. The fraction of sp³-hybridized carbons (Fsp3) is 0.519. The Morgan fingerprint density at radius 1 is 1.16 bits per heavy atom. The quantitative estimate of drug-likeness (QED) is 0.330. The minimum Gasteiger partial charge on any atom is -0.450 e. The van der Waals surface area contributed by atoms with Gasteiger partial charge in [0.2, 0.25) is 0 Å². The van der Waals surface area contributed by atoms with E-state index in [1.807, 2.05) is 0 Å². The number of carbonyl (C=O) groups is 2. The number of rotatable bonds is 7. The number of allylic oxidation sites excluding steroid dienone is 2. The van der Waals surface area contributed by atoms with E-state index >= 15 is 0 Å². The molecule has 0 atom stereocenters. The monoisotopic (exact) mass is 521 g/mol. The summed E-state index contributed by atoms with van der Waals surface area (Å²) in [6.45, 7) is 3.92. The molecule has 0 unspecified atom stereocenters. The van der Waals surface area contributed by atoms with Crippen LogP contribution in [0.5, 0.6) is 0 Å². The molecule has 10 heteroatoms. The van der Waals surface area contributed by atoms with Crippen LogP contribution < -0.4 is 5.32 Å². The molecule has 1 spiro atoms. The Hall–Kier alpha value is -3.01. The van der Waals surface area contributed by atoms with Crippen LogP contribution in [0.15, 0.2) is 52.1 Å². The van der Waals surface area contributed by atoms with Crippen molar-refractivity contribution in [2.75, 3.05) is 32.7 Å². The van der Waals surface area contributed by atoms with Crippen LogP contribution in [0.1, 0.15) is 44.6 Å². The Bertz CT molecular complexity index is 1110. The molecule has 6 nitrogen and oxygen atoms in total. The first kappa shape index (κ1) is 27.0. The zero-order chi connectivity index (χ0) is 26.6. The number of benzene rings is 1. The summed E-state index contributed by atoms with van der Waals surface area (Å²) >= 11 is 0. The van der Waals surface area contributed by atoms with Crippen molar-refractivity contribution in [2.24, 2.45) is 4.99 Å². The molecule has 0 aromatic heterocycles. The van der Waals surface area contributed by atoms with Gasteiger partial charge in [-0.15, -0.1) is 0 Å². The van der Waals surface area contributed by atoms with Crippen LogP contribution in [0.25, 0.3) is 0 Å². The Labute approximate surface area is 213 Å². The van der Waals surface area contributed by atoms with Gasteiger partial charge in [0.15, 0.2) is 0 Å². The number of carbonyl (C=O) groups excluding carboxylic acids is 2. The summed E-state index contributed by atoms with van der Waals surface area (Å²) in [6, 6.07) is 6.40. The summed E-state index contributed by atoms with van der Waals surface area (Å²) in [5.74, 6) is -1.18. The minimum atomic E-state index is -4.35. The topological polar surface area (TPSA) is 71.0 Å². The zero-order valence-electron chi connectivity index (χ0n) is 20.8. The number of halogens is 4. The second-order valence-electron chi connectivity index (χ2n) is 9.75. The molecule has 0 bridgehead atoms. The molecule has 1 fully saturated rings. The minimum absolute atomic E-state index is 0.00747. The van der Waals surface area contributed by atoms with Crippen molar-refractivity contribution >= 4 is 17.6 Å². The molecule has 2 aliphatic heterocycles. The maximum Gasteiger partial charge on any atom is 0.412 e. The second-order valence-corrected chi connectivity index (χ2v) is 9.75. The number of likely N-dealkylation sites (tertiary alicyclic amines) is 1. The first-order valence-electron chi connectivity index (χ1n) is 12.6. The highest BCUT2D eigenvalue weighted by Crippen LogP contribution is 2.41. The van der Waals surface area contributed by atoms with Crippen LogP contribution in [0.4, 0.5) is 17.6 Å². The van der Waals surface area contributed by atoms with Gasteiger partial charge in [-0.25, -0.2) is 9.18 Å². The van der Waals surface area contributed by atoms with E-state index in [-0.39, 0.29) is 30.9 Å². The lowest BCUT2D eigenvalue weighted by Gasteiger charge is -2.39. The molecular weight excluding hydrogens is 490 g/mol. The van der Waals surface area contributed by atoms with Crippen molar-refractivity contribution in [1.82, 2.24) is 10.2 Å². The van der Waals surface area contributed by atoms with E-state index in [2.05, 4.69) is 15.2 Å². The van der Waals surface area contributed by atoms with E-state index in [4.69, 9.17) is 4.74 Å². The van der Waals surface area contributed by atoms with Crippen LogP contribution in [0.3, 0.4) is 0 Å². The predicted octanol–water partition coefficient (Wildman–Crippen LogP) is 4.31. The lowest BCUT2D eigenvalue weighted by molar-refractivity contribution is -0.150. The van der Waals surface area contributed by atoms with Gasteiger partial charge in [0.1, 0.15) is 11.4 Å². The van der Waals surface area contributed by atoms with Crippen LogP contribution in [-0.2, 0) is 20.7 Å². The summed E-state index contributed by atoms with van der Waals surface area (Å²) in [7, 11) is 0. The van der Waals surface area contributed by atoms with Gasteiger partial charge in [0, 0.05) is 55.9 Å². The van der Waals surface area contributed by atoms with Crippen molar-refractivity contribution in [1.29, 1.82) is 0 Å². The van der Waals surface area contributed by atoms with Gasteiger partial charge in [-0.05, 0) is 56.4 Å². The van der Waals surface area contributed by atoms with E-state index in [0.717, 1.165) is 24.6 Å². The van der Waals surface area contributed by atoms with Gasteiger partial charge in [-0.3, -0.25) is 9.79 Å². The number of amides is 1. The molecule has 1 amide bonds. The summed E-state index contributed by atoms with van der Waals surface area (Å²) in [4.78, 5) is 31.9. The number of nitrogens with zero attached hydrogens (tertiary/aromatic N) is 2. The largest absolute Gasteiger partial charge is 0.450 e. The first-order valence-corrected chi connectivity index (χ1v) is 12.6. The summed E-state index contributed by atoms with van der Waals surface area (Å²) in [5.41, 5.74) is 0.486. The van der Waals surface area contributed by atoms with Crippen molar-refractivity contribution < 1.29 is 31.9 Å². The zero-order valence-corrected chi connectivity index (χ0v) is 20.8. The van der Waals surface area contributed by atoms with Gasteiger partial charge in [-0.1, -0.05) is 12.1 Å². The SMILES string of the molecule is CC1=C(C(=O)NCCN=C2C=C(C(F)(F)F)CCC2)C2(CCN(CCc3ccc(F)cc3)CC2)OC1=O. The van der Waals surface area contributed by atoms with Crippen molar-refractivity contribution in [3.63, 3.8) is 0 Å². The molecule has 0 saturated carbocycles. The Kier molecular flexibility index (Phi) is 8.16. The van der Waals surface area contributed by atoms with Crippen LogP contribution in [-0.4, -0.2) is 67.0 Å². The lowest BCUT2D eigenvalue weighted by atomic mass is 9.82. The molecule has 1 saturated heterocycles. The average molecular weight is 522 g/mol. The standard InChI is InChI=1S/C27H31F4N3O3/c1-18-23(24(35)33-13-12-32-22-4-2-3-20(17-22)27(29,30)31)26(37-25(18)36)10-15-34(16-11-26)14-9-19-5-7-21(28)8-6-19/h5-8,17H,2-4,9-16H2,1H3,(H,33,35). The lowest BCUT2D eigenvalue weighted by Crippen LogP contribution is -2.49. The third kappa shape index (κ3) is 6.47. The smallest absolute Gasteiger partial charge is 0.412 e. The number of hydrogen-bond donors (Lipinski definition) is 1. The van der Waals surface area contributed by atoms with Crippen molar-refractivity contribution in [2.45, 2.75) is 57.2 Å². The fourth-order valence-electron chi connectivity index (χ4n) is 5.17. The maximum atomic E-state index is 13.1. The number of hydrogen-bond acceptors (Lipinski definition) is 5. The summed E-state index contributed by atoms with van der Waals surface area (Å²) in [6.07, 6.45) is -0.666. The molecule has 1 aliphatic carbocycles. The van der Waals surface area contributed by atoms with E-state index < -0.39 is 29.2 Å². The number of aliphatic imine (C=N–C) groups is 1. The van der Waals surface area contributed by atoms with E-state index in [0.29, 0.717) is 50.1 Å². The molecule has 3 aliphatic rings. The molecular formula is C27H31F4N3O3. The highest BCUT2D eigenvalue weighted by Gasteiger charge is 2.50. The third-order valence-corrected chi connectivity index (χ3v) is 7.24. The molecule has 0 radical (unpaired) electrons. The molecule has 200 valence electrons. The third-order valence-electron chi connectivity index (χ3n) is 7.24. The summed E-state index contributed by atoms with van der Waals surface area (Å²) < 4.78 is 57.7. The fourth-order valence-corrected chi connectivity index (χ4v) is 5.17. The van der Waals surface area contributed by atoms with E-state index in [1.165, 1.54) is 12.1 Å². The highest BCUT2D eigenvalue weighted by atomic mass is 19.4. The van der Waals surface area contributed by atoms with E-state index in [9.17, 15) is 27.2 Å². The predicted molar refractivity (Wildman–Crippen MR) is 131 cm³/mol. The Balaban J connectivity index is 1.31. The molecule has 1 N–H and O–H groups in total. The molecule has 1 aromatic carbocycles. The van der Waals surface area contributed by atoms with Crippen LogP contribution >= 0.6 is 0 Å². The van der Waals surface area contributed by atoms with Gasteiger partial charge < -0.3 is 15.0 Å². The number of nitrogens with one attached hydrogen (secondary N) is 1. The summed E-state index contributed by atoms with van der Waals surface area (Å²) in [5, 5.41) is 2.77. The van der Waals surface area contributed by atoms with Crippen LogP contribution in [0, 0.1) is 5.82 Å². The highest BCUT2D eigenvalue weighted by molar-refractivity contribution is 6.07. The Morgan fingerprint density at radius 2 is 1.86 bits per heavy atom. The van der Waals surface area contributed by atoms with Gasteiger partial charge >= 0.3 is 12.1 Å². The number of alkyl halides is 3. The van der Waals surface area contributed by atoms with Crippen molar-refractivity contribution in [3.05, 3.63) is 58.4 Å². The molecule has 37 heavy (non-hydrogen) atoms. The molecule has 4 rings (SSSR count). The molecule has 2 heterocycles. The van der Waals surface area contributed by atoms with Gasteiger partial charge in [0.05, 0.1) is 12.1 Å². The van der Waals surface area contributed by atoms with Crippen LogP contribution in [0.2, 0.25) is 0 Å². The normalized spacial score (nSPS) is 21.4. The first-order chi connectivity index (χ1) is 17.6. The maximum absolute atomic E-state index is 13.1.